The highest BCUT2D eigenvalue weighted by atomic mass is 79.9. The first-order chi connectivity index (χ1) is 7.59. The van der Waals surface area contributed by atoms with E-state index in [-0.39, 0.29) is 0 Å². The van der Waals surface area contributed by atoms with Crippen LogP contribution in [0.3, 0.4) is 0 Å². The van der Waals surface area contributed by atoms with Crippen molar-refractivity contribution in [3.8, 4) is 0 Å². The van der Waals surface area contributed by atoms with E-state index >= 15 is 0 Å². The van der Waals surface area contributed by atoms with E-state index in [1.807, 2.05) is 0 Å². The molecule has 0 bridgehead atoms. The van der Waals surface area contributed by atoms with Crippen molar-refractivity contribution in [1.29, 1.82) is 0 Å². The maximum atomic E-state index is 12.2. The van der Waals surface area contributed by atoms with Crippen LogP contribution in [0.15, 0.2) is 0 Å². The van der Waals surface area contributed by atoms with Crippen molar-refractivity contribution in [2.45, 2.75) is 32.1 Å². The van der Waals surface area contributed by atoms with Gasteiger partial charge in [-0.15, -0.1) is 0 Å². The average molecular weight is 313 g/mol. The Morgan fingerprint density at radius 2 is 1.75 bits per heavy atom. The van der Waals surface area contributed by atoms with Crippen LogP contribution in [-0.2, 0) is 10.2 Å². The van der Waals surface area contributed by atoms with Gasteiger partial charge in [0.05, 0.1) is 0 Å². The fourth-order valence-corrected chi connectivity index (χ4v) is 3.59. The Labute approximate surface area is 107 Å². The van der Waals surface area contributed by atoms with E-state index < -0.39 is 10.2 Å². The zero-order valence-corrected chi connectivity index (χ0v) is 12.3. The molecule has 1 rings (SSSR count). The van der Waals surface area contributed by atoms with Gasteiger partial charge in [0.2, 0.25) is 0 Å². The summed E-state index contributed by atoms with van der Waals surface area (Å²) in [7, 11) is -1.54. The van der Waals surface area contributed by atoms with Gasteiger partial charge in [0.25, 0.3) is 10.2 Å². The van der Waals surface area contributed by atoms with Crippen LogP contribution in [0.25, 0.3) is 0 Å². The maximum Gasteiger partial charge on any atom is 0.281 e. The van der Waals surface area contributed by atoms with E-state index in [9.17, 15) is 8.42 Å². The Bertz CT molecular complexity index is 287. The first kappa shape index (κ1) is 14.4. The summed E-state index contributed by atoms with van der Waals surface area (Å²) in [5, 5.41) is 0.840. The quantitative estimate of drug-likeness (QED) is 0.727. The largest absolute Gasteiger partial charge is 0.281 e. The van der Waals surface area contributed by atoms with Crippen molar-refractivity contribution < 1.29 is 8.42 Å². The molecule has 0 aliphatic carbocycles. The zero-order chi connectivity index (χ0) is 12.0. The molecule has 1 aliphatic heterocycles. The summed E-state index contributed by atoms with van der Waals surface area (Å²) in [6.07, 6.45) is 5.13. The second-order valence-corrected chi connectivity index (χ2v) is 7.01. The minimum absolute atomic E-state index is 0.587. The second-order valence-electron chi connectivity index (χ2n) is 4.19. The maximum absolute atomic E-state index is 12.2. The molecule has 6 heteroatoms. The van der Waals surface area contributed by atoms with Crippen LogP contribution in [0.5, 0.6) is 0 Å². The number of nitrogens with zero attached hydrogens (tertiary/aromatic N) is 2. The van der Waals surface area contributed by atoms with Crippen LogP contribution >= 0.6 is 15.9 Å². The minimum atomic E-state index is -3.21. The molecule has 1 fully saturated rings. The molecular weight excluding hydrogens is 292 g/mol. The van der Waals surface area contributed by atoms with Crippen LogP contribution in [0.4, 0.5) is 0 Å². The molecule has 96 valence electrons. The number of alkyl halides is 1. The van der Waals surface area contributed by atoms with E-state index in [0.717, 1.165) is 37.4 Å². The smallest absolute Gasteiger partial charge is 0.195 e. The lowest BCUT2D eigenvalue weighted by Crippen LogP contribution is -2.42. The predicted molar refractivity (Wildman–Crippen MR) is 70.0 cm³/mol. The van der Waals surface area contributed by atoms with E-state index in [4.69, 9.17) is 0 Å². The summed E-state index contributed by atoms with van der Waals surface area (Å²) in [6.45, 7) is 1.95. The van der Waals surface area contributed by atoms with Gasteiger partial charge in [0.15, 0.2) is 0 Å². The highest BCUT2D eigenvalue weighted by molar-refractivity contribution is 9.09. The molecule has 0 radical (unpaired) electrons. The summed E-state index contributed by atoms with van der Waals surface area (Å²) in [5.41, 5.74) is 0. The predicted octanol–water partition coefficient (Wildman–Crippen LogP) is 1.82. The molecule has 0 aromatic rings. The third kappa shape index (κ3) is 3.98. The number of rotatable bonds is 5. The normalized spacial score (nSPS) is 19.9. The van der Waals surface area contributed by atoms with E-state index in [1.165, 1.54) is 4.31 Å². The van der Waals surface area contributed by atoms with E-state index in [0.29, 0.717) is 19.6 Å². The fraction of sp³-hybridized carbons (Fsp3) is 1.00. The van der Waals surface area contributed by atoms with Crippen LogP contribution in [0.1, 0.15) is 32.1 Å². The monoisotopic (exact) mass is 312 g/mol. The van der Waals surface area contributed by atoms with Gasteiger partial charge >= 0.3 is 0 Å². The van der Waals surface area contributed by atoms with Gasteiger partial charge in [-0.3, -0.25) is 0 Å². The Morgan fingerprint density at radius 3 is 2.25 bits per heavy atom. The van der Waals surface area contributed by atoms with Gasteiger partial charge in [-0.2, -0.15) is 17.0 Å². The summed E-state index contributed by atoms with van der Waals surface area (Å²) in [4.78, 5) is 0. The van der Waals surface area contributed by atoms with Crippen molar-refractivity contribution in [2.75, 3.05) is 32.0 Å². The molecule has 0 aromatic heterocycles. The molecule has 0 saturated carbocycles. The summed E-state index contributed by atoms with van der Waals surface area (Å²) in [5.74, 6) is 0. The molecule has 4 nitrogen and oxygen atoms in total. The van der Waals surface area contributed by atoms with E-state index in [1.54, 1.807) is 11.4 Å². The van der Waals surface area contributed by atoms with Crippen LogP contribution in [0.2, 0.25) is 0 Å². The topological polar surface area (TPSA) is 40.6 Å². The lowest BCUT2D eigenvalue weighted by Gasteiger charge is -2.26. The third-order valence-electron chi connectivity index (χ3n) is 2.89. The lowest BCUT2D eigenvalue weighted by atomic mass is 10.2. The Kier molecular flexibility index (Phi) is 6.25. The van der Waals surface area contributed by atoms with Crippen molar-refractivity contribution in [2.24, 2.45) is 0 Å². The Hall–Kier alpha value is 0.350. The van der Waals surface area contributed by atoms with Gasteiger partial charge in [-0.25, -0.2) is 0 Å². The van der Waals surface area contributed by atoms with Gasteiger partial charge in [0.1, 0.15) is 0 Å². The summed E-state index contributed by atoms with van der Waals surface area (Å²) < 4.78 is 27.5. The minimum Gasteiger partial charge on any atom is -0.195 e. The lowest BCUT2D eigenvalue weighted by molar-refractivity contribution is 0.366. The fourth-order valence-electron chi connectivity index (χ4n) is 1.87. The highest BCUT2D eigenvalue weighted by Crippen LogP contribution is 2.15. The highest BCUT2D eigenvalue weighted by Gasteiger charge is 2.26. The molecular formula is C10H21BrN2O2S. The molecule has 16 heavy (non-hydrogen) atoms. The summed E-state index contributed by atoms with van der Waals surface area (Å²) >= 11 is 3.32. The van der Waals surface area contributed by atoms with Gasteiger partial charge in [0, 0.05) is 32.0 Å². The number of halogens is 1. The van der Waals surface area contributed by atoms with Crippen molar-refractivity contribution in [1.82, 2.24) is 8.61 Å². The molecule has 0 amide bonds. The van der Waals surface area contributed by atoms with Crippen LogP contribution in [0, 0.1) is 0 Å². The molecule has 1 heterocycles. The first-order valence-corrected chi connectivity index (χ1v) is 8.38. The molecule has 1 saturated heterocycles. The van der Waals surface area contributed by atoms with Crippen molar-refractivity contribution in [3.05, 3.63) is 0 Å². The standard InChI is InChI=1S/C10H21BrN2O2S/c1-12(8-6-7-11)16(14,15)13-9-4-2-3-5-10-13/h2-10H2,1H3. The van der Waals surface area contributed by atoms with Crippen LogP contribution in [-0.4, -0.2) is 49.0 Å². The van der Waals surface area contributed by atoms with Crippen molar-refractivity contribution in [3.63, 3.8) is 0 Å². The second kappa shape index (κ2) is 6.93. The number of hydrogen-bond donors (Lipinski definition) is 0. The van der Waals surface area contributed by atoms with Crippen LogP contribution < -0.4 is 0 Å². The SMILES string of the molecule is CN(CCCBr)S(=O)(=O)N1CCCCCC1. The molecule has 0 atom stereocenters. The zero-order valence-electron chi connectivity index (χ0n) is 9.86. The van der Waals surface area contributed by atoms with E-state index in [2.05, 4.69) is 15.9 Å². The molecule has 0 aromatic carbocycles. The molecule has 1 aliphatic rings. The van der Waals surface area contributed by atoms with Gasteiger partial charge in [-0.05, 0) is 19.3 Å². The number of hydrogen-bond acceptors (Lipinski definition) is 2. The van der Waals surface area contributed by atoms with Gasteiger partial charge < -0.3 is 0 Å². The Balaban J connectivity index is 2.59. The molecule has 0 N–H and O–H groups in total. The van der Waals surface area contributed by atoms with Crippen molar-refractivity contribution >= 4 is 26.1 Å². The molecule has 0 unspecified atom stereocenters. The summed E-state index contributed by atoms with van der Waals surface area (Å²) in [6, 6.07) is 0. The first-order valence-electron chi connectivity index (χ1n) is 5.86. The Morgan fingerprint density at radius 1 is 1.19 bits per heavy atom. The average Bonchev–Trinajstić information content (AvgIpc) is 2.54. The third-order valence-corrected chi connectivity index (χ3v) is 5.44. The molecule has 0 spiro atoms. The van der Waals surface area contributed by atoms with Gasteiger partial charge in [-0.1, -0.05) is 28.8 Å².